The molecular weight excluding hydrogens is 286 g/mol. The van der Waals surface area contributed by atoms with Gasteiger partial charge in [0.05, 0.1) is 12.1 Å². The van der Waals surface area contributed by atoms with E-state index in [0.717, 1.165) is 19.3 Å². The van der Waals surface area contributed by atoms with Crippen molar-refractivity contribution in [2.24, 2.45) is 0 Å². The second kappa shape index (κ2) is 8.33. The highest BCUT2D eigenvalue weighted by atomic mass is 16.5. The van der Waals surface area contributed by atoms with Gasteiger partial charge in [-0.3, -0.25) is 9.69 Å². The SMILES string of the molecule is CCN(CC(=O)O)C1CC(NC(=O)NCC(C)(CC)OC)C1. The van der Waals surface area contributed by atoms with Crippen LogP contribution in [0.15, 0.2) is 0 Å². The number of carboxylic acid groups (broad SMARTS) is 1. The van der Waals surface area contributed by atoms with Gasteiger partial charge in [0, 0.05) is 25.7 Å². The van der Waals surface area contributed by atoms with Crippen molar-refractivity contribution in [1.82, 2.24) is 15.5 Å². The van der Waals surface area contributed by atoms with E-state index in [1.54, 1.807) is 7.11 Å². The summed E-state index contributed by atoms with van der Waals surface area (Å²) >= 11 is 0. The first-order valence-corrected chi connectivity index (χ1v) is 7.88. The summed E-state index contributed by atoms with van der Waals surface area (Å²) in [7, 11) is 1.64. The van der Waals surface area contributed by atoms with Gasteiger partial charge in [-0.25, -0.2) is 4.79 Å². The molecule has 1 saturated carbocycles. The number of hydrogen-bond donors (Lipinski definition) is 3. The highest BCUT2D eigenvalue weighted by molar-refractivity contribution is 5.74. The summed E-state index contributed by atoms with van der Waals surface area (Å²) in [5.41, 5.74) is -0.347. The number of amides is 2. The number of urea groups is 1. The molecule has 1 rings (SSSR count). The number of ether oxygens (including phenoxy) is 1. The number of methoxy groups -OCH3 is 1. The second-order valence-corrected chi connectivity index (χ2v) is 6.11. The minimum atomic E-state index is -0.811. The number of hydrogen-bond acceptors (Lipinski definition) is 4. The van der Waals surface area contributed by atoms with Crippen LogP contribution in [0.5, 0.6) is 0 Å². The maximum Gasteiger partial charge on any atom is 0.317 e. The molecule has 1 unspecified atom stereocenters. The van der Waals surface area contributed by atoms with Crippen molar-refractivity contribution in [1.29, 1.82) is 0 Å². The number of rotatable bonds is 9. The second-order valence-electron chi connectivity index (χ2n) is 6.11. The van der Waals surface area contributed by atoms with Crippen LogP contribution in [0.3, 0.4) is 0 Å². The Balaban J connectivity index is 2.27. The predicted molar refractivity (Wildman–Crippen MR) is 83.9 cm³/mol. The predicted octanol–water partition coefficient (Wildman–Crippen LogP) is 1.04. The van der Waals surface area contributed by atoms with E-state index < -0.39 is 5.97 Å². The van der Waals surface area contributed by atoms with Crippen LogP contribution in [-0.4, -0.2) is 66.4 Å². The lowest BCUT2D eigenvalue weighted by molar-refractivity contribution is -0.139. The van der Waals surface area contributed by atoms with Crippen LogP contribution in [0.1, 0.15) is 40.0 Å². The number of likely N-dealkylation sites (N-methyl/N-ethyl adjacent to an activating group) is 1. The molecule has 1 fully saturated rings. The number of carboxylic acids is 1. The van der Waals surface area contributed by atoms with Gasteiger partial charge in [-0.15, -0.1) is 0 Å². The first-order valence-electron chi connectivity index (χ1n) is 7.88. The number of nitrogens with one attached hydrogen (secondary N) is 2. The van der Waals surface area contributed by atoms with E-state index in [9.17, 15) is 9.59 Å². The summed E-state index contributed by atoms with van der Waals surface area (Å²) < 4.78 is 5.38. The Morgan fingerprint density at radius 3 is 2.45 bits per heavy atom. The van der Waals surface area contributed by atoms with E-state index in [-0.39, 0.29) is 30.3 Å². The Hall–Kier alpha value is -1.34. The Bertz CT molecular complexity index is 379. The summed E-state index contributed by atoms with van der Waals surface area (Å²) in [5, 5.41) is 14.6. The Kier molecular flexibility index (Phi) is 7.09. The molecular formula is C15H29N3O4. The van der Waals surface area contributed by atoms with E-state index >= 15 is 0 Å². The topological polar surface area (TPSA) is 90.9 Å². The van der Waals surface area contributed by atoms with Gasteiger partial charge in [-0.05, 0) is 32.7 Å². The molecule has 0 spiro atoms. The van der Waals surface area contributed by atoms with E-state index in [2.05, 4.69) is 10.6 Å². The molecule has 0 aliphatic heterocycles. The lowest BCUT2D eigenvalue weighted by Gasteiger charge is -2.42. The maximum atomic E-state index is 11.9. The van der Waals surface area contributed by atoms with Crippen LogP contribution in [0.25, 0.3) is 0 Å². The normalized spacial score (nSPS) is 23.5. The lowest BCUT2D eigenvalue weighted by Crippen LogP contribution is -2.57. The number of aliphatic carboxylic acids is 1. The molecule has 1 atom stereocenters. The highest BCUT2D eigenvalue weighted by Crippen LogP contribution is 2.25. The Morgan fingerprint density at radius 2 is 2.00 bits per heavy atom. The minimum absolute atomic E-state index is 0.0583. The molecule has 0 radical (unpaired) electrons. The lowest BCUT2D eigenvalue weighted by atomic mass is 9.85. The van der Waals surface area contributed by atoms with Crippen molar-refractivity contribution in [3.63, 3.8) is 0 Å². The highest BCUT2D eigenvalue weighted by Gasteiger charge is 2.34. The summed E-state index contributed by atoms with van der Waals surface area (Å²) in [5.74, 6) is -0.811. The van der Waals surface area contributed by atoms with Crippen LogP contribution in [0.2, 0.25) is 0 Å². The maximum absolute atomic E-state index is 11.9. The number of nitrogens with zero attached hydrogens (tertiary/aromatic N) is 1. The summed E-state index contributed by atoms with van der Waals surface area (Å²) in [6.07, 6.45) is 2.41. The fraction of sp³-hybridized carbons (Fsp3) is 0.867. The molecule has 128 valence electrons. The summed E-state index contributed by atoms with van der Waals surface area (Å²) in [6.45, 7) is 7.15. The van der Waals surface area contributed by atoms with Gasteiger partial charge in [0.2, 0.25) is 0 Å². The van der Waals surface area contributed by atoms with Gasteiger partial charge in [-0.1, -0.05) is 13.8 Å². The summed E-state index contributed by atoms with van der Waals surface area (Å²) in [6, 6.07) is 0.163. The van der Waals surface area contributed by atoms with Crippen molar-refractivity contribution in [2.45, 2.75) is 57.7 Å². The smallest absolute Gasteiger partial charge is 0.317 e. The molecule has 0 aromatic carbocycles. The van der Waals surface area contributed by atoms with Crippen LogP contribution >= 0.6 is 0 Å². The first-order chi connectivity index (χ1) is 10.3. The standard InChI is InChI=1S/C15H29N3O4/c1-5-15(3,22-4)10-16-14(21)17-11-7-12(8-11)18(6-2)9-13(19)20/h11-12H,5-10H2,1-4H3,(H,19,20)(H2,16,17,21). The zero-order valence-electron chi connectivity index (χ0n) is 14.0. The van der Waals surface area contributed by atoms with Gasteiger partial charge in [-0.2, -0.15) is 0 Å². The molecule has 0 aromatic rings. The van der Waals surface area contributed by atoms with Crippen LogP contribution in [-0.2, 0) is 9.53 Å². The van der Waals surface area contributed by atoms with Crippen molar-refractivity contribution in [3.8, 4) is 0 Å². The molecule has 7 nitrogen and oxygen atoms in total. The molecule has 0 aromatic heterocycles. The van der Waals surface area contributed by atoms with E-state index in [4.69, 9.17) is 9.84 Å². The molecule has 1 aliphatic carbocycles. The van der Waals surface area contributed by atoms with Gasteiger partial charge < -0.3 is 20.5 Å². The van der Waals surface area contributed by atoms with Gasteiger partial charge in [0.1, 0.15) is 0 Å². The average Bonchev–Trinajstić information content (AvgIpc) is 2.45. The molecule has 0 heterocycles. The van der Waals surface area contributed by atoms with Crippen LogP contribution in [0, 0.1) is 0 Å². The van der Waals surface area contributed by atoms with Gasteiger partial charge in [0.15, 0.2) is 0 Å². The molecule has 0 saturated heterocycles. The Morgan fingerprint density at radius 1 is 1.36 bits per heavy atom. The zero-order valence-corrected chi connectivity index (χ0v) is 14.0. The molecule has 2 amide bonds. The van der Waals surface area contributed by atoms with Crippen molar-refractivity contribution in [3.05, 3.63) is 0 Å². The van der Waals surface area contributed by atoms with Crippen molar-refractivity contribution in [2.75, 3.05) is 26.7 Å². The molecule has 1 aliphatic rings. The van der Waals surface area contributed by atoms with E-state index in [0.29, 0.717) is 13.1 Å². The van der Waals surface area contributed by atoms with Gasteiger partial charge >= 0.3 is 12.0 Å². The van der Waals surface area contributed by atoms with Crippen molar-refractivity contribution >= 4 is 12.0 Å². The third-order valence-electron chi connectivity index (χ3n) is 4.57. The minimum Gasteiger partial charge on any atom is -0.480 e. The monoisotopic (exact) mass is 315 g/mol. The fourth-order valence-electron chi connectivity index (χ4n) is 2.52. The molecule has 7 heteroatoms. The average molecular weight is 315 g/mol. The largest absolute Gasteiger partial charge is 0.480 e. The number of carbonyl (C=O) groups excluding carboxylic acids is 1. The first kappa shape index (κ1) is 18.7. The van der Waals surface area contributed by atoms with E-state index in [1.165, 1.54) is 0 Å². The van der Waals surface area contributed by atoms with E-state index in [1.807, 2.05) is 25.7 Å². The van der Waals surface area contributed by atoms with Crippen molar-refractivity contribution < 1.29 is 19.4 Å². The molecule has 0 bridgehead atoms. The summed E-state index contributed by atoms with van der Waals surface area (Å²) in [4.78, 5) is 24.6. The third-order valence-corrected chi connectivity index (χ3v) is 4.57. The van der Waals surface area contributed by atoms with Crippen LogP contribution in [0.4, 0.5) is 4.79 Å². The zero-order chi connectivity index (χ0) is 16.8. The third kappa shape index (κ3) is 5.46. The van der Waals surface area contributed by atoms with Crippen LogP contribution < -0.4 is 10.6 Å². The molecule has 22 heavy (non-hydrogen) atoms. The van der Waals surface area contributed by atoms with Gasteiger partial charge in [0.25, 0.3) is 0 Å². The molecule has 3 N–H and O–H groups in total. The quantitative estimate of drug-likeness (QED) is 0.591. The fourth-order valence-corrected chi connectivity index (χ4v) is 2.52. The Labute approximate surface area is 132 Å². The number of carbonyl (C=O) groups is 2.